The zero-order chi connectivity index (χ0) is 8.97. The Balaban J connectivity index is 2.80. The number of rotatable bonds is 4. The van der Waals surface area contributed by atoms with E-state index in [0.717, 1.165) is 6.42 Å². The lowest BCUT2D eigenvalue weighted by Gasteiger charge is -2.05. The second-order valence-corrected chi connectivity index (χ2v) is 2.45. The summed E-state index contributed by atoms with van der Waals surface area (Å²) in [7, 11) is 0. The van der Waals surface area contributed by atoms with Gasteiger partial charge in [0.25, 0.3) is 0 Å². The van der Waals surface area contributed by atoms with Gasteiger partial charge >= 0.3 is 0 Å². The molecule has 3 nitrogen and oxygen atoms in total. The zero-order valence-electron chi connectivity index (χ0n) is 7.38. The van der Waals surface area contributed by atoms with Crippen LogP contribution < -0.4 is 4.74 Å². The summed E-state index contributed by atoms with van der Waals surface area (Å²) in [6.45, 7) is 4.99. The van der Waals surface area contributed by atoms with Crippen LogP contribution in [0.5, 0.6) is 5.88 Å². The van der Waals surface area contributed by atoms with Crippen molar-refractivity contribution in [3.8, 4) is 5.88 Å². The minimum atomic E-state index is -0.384. The highest BCUT2D eigenvalue weighted by atomic mass is 19.1. The number of nitrogens with zero attached hydrogens (tertiary/aromatic N) is 2. The summed E-state index contributed by atoms with van der Waals surface area (Å²) in [6, 6.07) is 0. The molecule has 1 aromatic heterocycles. The summed E-state index contributed by atoms with van der Waals surface area (Å²) >= 11 is 0. The Kier molecular flexibility index (Phi) is 3.08. The highest BCUT2D eigenvalue weighted by Crippen LogP contribution is 2.15. The largest absolute Gasteiger partial charge is 0.476 e. The quantitative estimate of drug-likeness (QED) is 0.692. The Morgan fingerprint density at radius 3 is 2.92 bits per heavy atom. The number of hydrogen-bond acceptors (Lipinski definition) is 2. The van der Waals surface area contributed by atoms with Crippen LogP contribution in [-0.4, -0.2) is 16.4 Å². The Bertz CT molecular complexity index is 247. The van der Waals surface area contributed by atoms with Crippen LogP contribution in [0.3, 0.4) is 0 Å². The molecule has 0 aliphatic heterocycles. The molecule has 0 saturated heterocycles. The Morgan fingerprint density at radius 2 is 2.33 bits per heavy atom. The van der Waals surface area contributed by atoms with E-state index in [1.54, 1.807) is 4.68 Å². The van der Waals surface area contributed by atoms with E-state index in [1.807, 2.05) is 13.8 Å². The normalized spacial score (nSPS) is 10.2. The van der Waals surface area contributed by atoms with Crippen molar-refractivity contribution in [2.45, 2.75) is 26.8 Å². The molecule has 12 heavy (non-hydrogen) atoms. The van der Waals surface area contributed by atoms with Gasteiger partial charge in [-0.3, -0.25) is 0 Å². The van der Waals surface area contributed by atoms with E-state index in [0.29, 0.717) is 13.2 Å². The first-order chi connectivity index (χ1) is 5.79. The summed E-state index contributed by atoms with van der Waals surface area (Å²) in [6.07, 6.45) is 2.10. The fourth-order valence-electron chi connectivity index (χ4n) is 1.00. The Labute approximate surface area is 71.1 Å². The van der Waals surface area contributed by atoms with Crippen LogP contribution in [0.25, 0.3) is 0 Å². The summed E-state index contributed by atoms with van der Waals surface area (Å²) in [4.78, 5) is 0. The van der Waals surface area contributed by atoms with Crippen LogP contribution in [0.4, 0.5) is 4.39 Å². The molecular formula is C8H13FN2O. The lowest BCUT2D eigenvalue weighted by molar-refractivity contribution is 0.285. The highest BCUT2D eigenvalue weighted by molar-refractivity contribution is 5.11. The second kappa shape index (κ2) is 4.09. The molecule has 0 saturated carbocycles. The van der Waals surface area contributed by atoms with Crippen molar-refractivity contribution in [1.82, 2.24) is 9.78 Å². The minimum absolute atomic E-state index is 0.249. The van der Waals surface area contributed by atoms with E-state index in [9.17, 15) is 4.39 Å². The Hall–Kier alpha value is -1.06. The third-order valence-electron chi connectivity index (χ3n) is 1.47. The number of hydrogen-bond donors (Lipinski definition) is 0. The number of aryl methyl sites for hydroxylation is 1. The molecular weight excluding hydrogens is 159 g/mol. The summed E-state index contributed by atoms with van der Waals surface area (Å²) in [5.41, 5.74) is 0. The van der Waals surface area contributed by atoms with Gasteiger partial charge in [0.05, 0.1) is 12.8 Å². The zero-order valence-corrected chi connectivity index (χ0v) is 7.38. The maximum atomic E-state index is 12.9. The summed E-state index contributed by atoms with van der Waals surface area (Å²) < 4.78 is 19.5. The smallest absolute Gasteiger partial charge is 0.248 e. The van der Waals surface area contributed by atoms with E-state index >= 15 is 0 Å². The lowest BCUT2D eigenvalue weighted by Crippen LogP contribution is -2.04. The molecule has 1 aromatic rings. The van der Waals surface area contributed by atoms with Crippen molar-refractivity contribution in [2.75, 3.05) is 6.61 Å². The summed E-state index contributed by atoms with van der Waals surface area (Å²) in [5, 5.41) is 3.84. The molecule has 0 spiro atoms. The van der Waals surface area contributed by atoms with Gasteiger partial charge in [-0.25, -0.2) is 4.68 Å². The molecule has 1 rings (SSSR count). The van der Waals surface area contributed by atoms with Crippen LogP contribution in [0, 0.1) is 5.82 Å². The highest BCUT2D eigenvalue weighted by Gasteiger charge is 2.09. The van der Waals surface area contributed by atoms with E-state index < -0.39 is 0 Å². The number of ether oxygens (including phenoxy) is 1. The van der Waals surface area contributed by atoms with Crippen molar-refractivity contribution in [2.24, 2.45) is 0 Å². The van der Waals surface area contributed by atoms with E-state index in [1.165, 1.54) is 6.20 Å². The molecule has 0 unspecified atom stereocenters. The predicted octanol–water partition coefficient (Wildman–Crippen LogP) is 1.83. The predicted molar refractivity (Wildman–Crippen MR) is 43.6 cm³/mol. The lowest BCUT2D eigenvalue weighted by atomic mass is 10.5. The standard InChI is InChI=1S/C8H13FN2O/c1-3-5-11-8(12-4-2)7(9)6-10-11/h6H,3-5H2,1-2H3. The van der Waals surface area contributed by atoms with Crippen LogP contribution in [0.2, 0.25) is 0 Å². The average Bonchev–Trinajstić information content (AvgIpc) is 2.37. The maximum Gasteiger partial charge on any atom is 0.248 e. The van der Waals surface area contributed by atoms with Crippen molar-refractivity contribution in [3.05, 3.63) is 12.0 Å². The van der Waals surface area contributed by atoms with Gasteiger partial charge in [0, 0.05) is 6.54 Å². The van der Waals surface area contributed by atoms with Crippen molar-refractivity contribution >= 4 is 0 Å². The van der Waals surface area contributed by atoms with E-state index in [4.69, 9.17) is 4.74 Å². The van der Waals surface area contributed by atoms with Crippen LogP contribution >= 0.6 is 0 Å². The Morgan fingerprint density at radius 1 is 1.58 bits per heavy atom. The first-order valence-corrected chi connectivity index (χ1v) is 4.13. The van der Waals surface area contributed by atoms with Crippen LogP contribution in [-0.2, 0) is 6.54 Å². The molecule has 1 heterocycles. The molecule has 0 N–H and O–H groups in total. The van der Waals surface area contributed by atoms with E-state index in [2.05, 4.69) is 5.10 Å². The van der Waals surface area contributed by atoms with Crippen LogP contribution in [0.1, 0.15) is 20.3 Å². The van der Waals surface area contributed by atoms with Crippen molar-refractivity contribution < 1.29 is 9.13 Å². The number of halogens is 1. The number of aromatic nitrogens is 2. The molecule has 0 aliphatic rings. The molecule has 0 bridgehead atoms. The molecule has 4 heteroatoms. The third-order valence-corrected chi connectivity index (χ3v) is 1.47. The average molecular weight is 172 g/mol. The van der Waals surface area contributed by atoms with Gasteiger partial charge in [0.1, 0.15) is 0 Å². The maximum absolute atomic E-state index is 12.9. The molecule has 0 aromatic carbocycles. The molecule has 0 aliphatic carbocycles. The first-order valence-electron chi connectivity index (χ1n) is 4.13. The molecule has 0 atom stereocenters. The fourth-order valence-corrected chi connectivity index (χ4v) is 1.00. The minimum Gasteiger partial charge on any atom is -0.476 e. The molecule has 0 amide bonds. The van der Waals surface area contributed by atoms with Crippen molar-refractivity contribution in [3.63, 3.8) is 0 Å². The molecule has 0 fully saturated rings. The third kappa shape index (κ3) is 1.75. The SMILES string of the molecule is CCCn1ncc(F)c1OCC. The van der Waals surface area contributed by atoms with Gasteiger partial charge in [-0.15, -0.1) is 0 Å². The van der Waals surface area contributed by atoms with Gasteiger partial charge in [0.15, 0.2) is 0 Å². The van der Waals surface area contributed by atoms with Gasteiger partial charge in [-0.1, -0.05) is 6.92 Å². The van der Waals surface area contributed by atoms with Crippen LogP contribution in [0.15, 0.2) is 6.20 Å². The topological polar surface area (TPSA) is 27.1 Å². The monoisotopic (exact) mass is 172 g/mol. The van der Waals surface area contributed by atoms with Gasteiger partial charge in [-0.2, -0.15) is 9.49 Å². The summed E-state index contributed by atoms with van der Waals surface area (Å²) in [5.74, 6) is -0.135. The molecule has 68 valence electrons. The fraction of sp³-hybridized carbons (Fsp3) is 0.625. The van der Waals surface area contributed by atoms with Gasteiger partial charge in [-0.05, 0) is 13.3 Å². The second-order valence-electron chi connectivity index (χ2n) is 2.45. The van der Waals surface area contributed by atoms with Gasteiger partial charge in [0.2, 0.25) is 11.7 Å². The van der Waals surface area contributed by atoms with E-state index in [-0.39, 0.29) is 11.7 Å². The first kappa shape index (κ1) is 9.03. The van der Waals surface area contributed by atoms with Gasteiger partial charge < -0.3 is 4.74 Å². The van der Waals surface area contributed by atoms with Crippen molar-refractivity contribution in [1.29, 1.82) is 0 Å². The molecule has 0 radical (unpaired) electrons.